The maximum atomic E-state index is 12.3. The molecular weight excluding hydrogens is 392 g/mol. The zero-order valence-corrected chi connectivity index (χ0v) is 16.5. The molecule has 0 bridgehead atoms. The molecule has 0 aliphatic heterocycles. The summed E-state index contributed by atoms with van der Waals surface area (Å²) in [7, 11) is 0. The van der Waals surface area contributed by atoms with Crippen LogP contribution in [0.5, 0.6) is 0 Å². The van der Waals surface area contributed by atoms with Gasteiger partial charge in [0, 0.05) is 15.5 Å². The molecule has 2 aromatic carbocycles. The quantitative estimate of drug-likeness (QED) is 0.495. The predicted octanol–water partition coefficient (Wildman–Crippen LogP) is 4.89. The Labute approximate surface area is 165 Å². The molecule has 0 saturated carbocycles. The van der Waals surface area contributed by atoms with Crippen LogP contribution in [0.15, 0.2) is 52.3 Å². The standard InChI is InChI=1S/C19H19F2NO3S2/c1-12-3-8-16(13(2)9-12)26-11-18(24)25-10-17(23)22-14-4-6-15(7-5-14)27-19(20)21/h3-9,19H,10-11H2,1-2H3,(H,22,23). The molecule has 0 fully saturated rings. The Bertz CT molecular complexity index is 798. The van der Waals surface area contributed by atoms with Crippen LogP contribution in [0.3, 0.4) is 0 Å². The third kappa shape index (κ3) is 7.60. The van der Waals surface area contributed by atoms with Crippen molar-refractivity contribution >= 4 is 41.1 Å². The maximum absolute atomic E-state index is 12.3. The lowest BCUT2D eigenvalue weighted by Gasteiger charge is -2.08. The van der Waals surface area contributed by atoms with Crippen molar-refractivity contribution < 1.29 is 23.1 Å². The summed E-state index contributed by atoms with van der Waals surface area (Å²) in [6, 6.07) is 12.0. The number of aryl methyl sites for hydroxylation is 2. The third-order valence-electron chi connectivity index (χ3n) is 3.40. The molecule has 8 heteroatoms. The molecule has 0 radical (unpaired) electrons. The molecule has 1 N–H and O–H groups in total. The molecule has 4 nitrogen and oxygen atoms in total. The molecule has 0 unspecified atom stereocenters. The van der Waals surface area contributed by atoms with E-state index in [4.69, 9.17) is 4.74 Å². The first-order chi connectivity index (χ1) is 12.8. The lowest BCUT2D eigenvalue weighted by Crippen LogP contribution is -2.21. The topological polar surface area (TPSA) is 55.4 Å². The highest BCUT2D eigenvalue weighted by Gasteiger charge is 2.10. The summed E-state index contributed by atoms with van der Waals surface area (Å²) in [4.78, 5) is 25.0. The largest absolute Gasteiger partial charge is 0.455 e. The monoisotopic (exact) mass is 411 g/mol. The lowest BCUT2D eigenvalue weighted by molar-refractivity contribution is -0.144. The zero-order valence-electron chi connectivity index (χ0n) is 14.8. The van der Waals surface area contributed by atoms with Gasteiger partial charge in [-0.05, 0) is 49.7 Å². The molecule has 0 saturated heterocycles. The van der Waals surface area contributed by atoms with Crippen LogP contribution in [0.2, 0.25) is 0 Å². The van der Waals surface area contributed by atoms with Gasteiger partial charge in [0.25, 0.3) is 11.7 Å². The summed E-state index contributed by atoms with van der Waals surface area (Å²) < 4.78 is 29.5. The Morgan fingerprint density at radius 1 is 1.11 bits per heavy atom. The number of ether oxygens (including phenoxy) is 1. The number of hydrogen-bond donors (Lipinski definition) is 1. The van der Waals surface area contributed by atoms with Crippen LogP contribution in [0.1, 0.15) is 11.1 Å². The lowest BCUT2D eigenvalue weighted by atomic mass is 10.2. The fourth-order valence-corrected chi connectivity index (χ4v) is 3.51. The molecule has 2 aromatic rings. The van der Waals surface area contributed by atoms with E-state index in [-0.39, 0.29) is 5.75 Å². The number of carbonyl (C=O) groups excluding carboxylic acids is 2. The average molecular weight is 411 g/mol. The number of halogens is 2. The van der Waals surface area contributed by atoms with E-state index in [0.717, 1.165) is 16.0 Å². The summed E-state index contributed by atoms with van der Waals surface area (Å²) in [6.07, 6.45) is 0. The highest BCUT2D eigenvalue weighted by atomic mass is 32.2. The molecule has 0 aliphatic carbocycles. The van der Waals surface area contributed by atoms with E-state index in [1.165, 1.54) is 36.0 Å². The molecule has 144 valence electrons. The van der Waals surface area contributed by atoms with Crippen molar-refractivity contribution in [2.24, 2.45) is 0 Å². The highest BCUT2D eigenvalue weighted by Crippen LogP contribution is 2.26. The number of amides is 1. The molecule has 1 amide bonds. The van der Waals surface area contributed by atoms with Crippen LogP contribution < -0.4 is 5.32 Å². The molecule has 0 heterocycles. The van der Waals surface area contributed by atoms with E-state index < -0.39 is 24.2 Å². The van der Waals surface area contributed by atoms with Crippen LogP contribution >= 0.6 is 23.5 Å². The summed E-state index contributed by atoms with van der Waals surface area (Å²) >= 11 is 1.78. The van der Waals surface area contributed by atoms with Crippen molar-refractivity contribution in [1.29, 1.82) is 0 Å². The Morgan fingerprint density at radius 2 is 1.81 bits per heavy atom. The number of thioether (sulfide) groups is 2. The number of carbonyl (C=O) groups is 2. The SMILES string of the molecule is Cc1ccc(SCC(=O)OCC(=O)Nc2ccc(SC(F)F)cc2)c(C)c1. The Kier molecular flexibility index (Phi) is 8.12. The highest BCUT2D eigenvalue weighted by molar-refractivity contribution is 8.00. The van der Waals surface area contributed by atoms with Gasteiger partial charge in [-0.3, -0.25) is 9.59 Å². The number of benzene rings is 2. The van der Waals surface area contributed by atoms with Crippen LogP contribution in [0.25, 0.3) is 0 Å². The molecule has 0 aromatic heterocycles. The summed E-state index contributed by atoms with van der Waals surface area (Å²) in [5.41, 5.74) is 2.68. The van der Waals surface area contributed by atoms with Gasteiger partial charge in [0.05, 0.1) is 5.75 Å². The Morgan fingerprint density at radius 3 is 2.44 bits per heavy atom. The van der Waals surface area contributed by atoms with E-state index >= 15 is 0 Å². The normalized spacial score (nSPS) is 10.7. The number of esters is 1. The first-order valence-electron chi connectivity index (χ1n) is 8.04. The van der Waals surface area contributed by atoms with Gasteiger partial charge in [-0.25, -0.2) is 0 Å². The van der Waals surface area contributed by atoms with E-state index in [2.05, 4.69) is 5.32 Å². The number of hydrogen-bond acceptors (Lipinski definition) is 5. The van der Waals surface area contributed by atoms with Gasteiger partial charge in [0.15, 0.2) is 6.61 Å². The van der Waals surface area contributed by atoms with Gasteiger partial charge >= 0.3 is 5.97 Å². The van der Waals surface area contributed by atoms with Crippen molar-refractivity contribution in [2.75, 3.05) is 17.7 Å². The van der Waals surface area contributed by atoms with E-state index in [0.29, 0.717) is 22.3 Å². The molecular formula is C19H19F2NO3S2. The van der Waals surface area contributed by atoms with E-state index in [1.807, 2.05) is 32.0 Å². The second-order valence-corrected chi connectivity index (χ2v) is 7.75. The van der Waals surface area contributed by atoms with Crippen molar-refractivity contribution in [3.8, 4) is 0 Å². The Hall–Kier alpha value is -2.06. The first kappa shape index (κ1) is 21.2. The maximum Gasteiger partial charge on any atom is 0.316 e. The molecule has 27 heavy (non-hydrogen) atoms. The number of nitrogens with one attached hydrogen (secondary N) is 1. The summed E-state index contributed by atoms with van der Waals surface area (Å²) in [6.45, 7) is 3.57. The molecule has 2 rings (SSSR count). The van der Waals surface area contributed by atoms with Gasteiger partial charge in [0.1, 0.15) is 0 Å². The average Bonchev–Trinajstić information content (AvgIpc) is 2.60. The minimum Gasteiger partial charge on any atom is -0.455 e. The zero-order chi connectivity index (χ0) is 19.8. The minimum atomic E-state index is -2.49. The minimum absolute atomic E-state index is 0.108. The number of rotatable bonds is 8. The third-order valence-corrected chi connectivity index (χ3v) is 5.28. The van der Waals surface area contributed by atoms with Gasteiger partial charge in [-0.2, -0.15) is 8.78 Å². The molecule has 0 atom stereocenters. The summed E-state index contributed by atoms with van der Waals surface area (Å²) in [5, 5.41) is 2.55. The van der Waals surface area contributed by atoms with Gasteiger partial charge in [-0.15, -0.1) is 11.8 Å². The fraction of sp³-hybridized carbons (Fsp3) is 0.263. The fourth-order valence-electron chi connectivity index (χ4n) is 2.20. The van der Waals surface area contributed by atoms with E-state index in [9.17, 15) is 18.4 Å². The van der Waals surface area contributed by atoms with Crippen molar-refractivity contribution in [3.63, 3.8) is 0 Å². The van der Waals surface area contributed by atoms with Crippen LogP contribution in [-0.4, -0.2) is 30.0 Å². The molecule has 0 aliphatic rings. The second-order valence-electron chi connectivity index (χ2n) is 5.67. The smallest absolute Gasteiger partial charge is 0.316 e. The molecule has 0 spiro atoms. The van der Waals surface area contributed by atoms with Crippen molar-refractivity contribution in [1.82, 2.24) is 0 Å². The Balaban J connectivity index is 1.73. The van der Waals surface area contributed by atoms with E-state index in [1.54, 1.807) is 0 Å². The van der Waals surface area contributed by atoms with Crippen LogP contribution in [0.4, 0.5) is 14.5 Å². The predicted molar refractivity (Wildman–Crippen MR) is 105 cm³/mol. The summed E-state index contributed by atoms with van der Waals surface area (Å²) in [5.74, 6) is -3.36. The van der Waals surface area contributed by atoms with Gasteiger partial charge < -0.3 is 10.1 Å². The van der Waals surface area contributed by atoms with Crippen molar-refractivity contribution in [3.05, 3.63) is 53.6 Å². The van der Waals surface area contributed by atoms with Crippen LogP contribution in [-0.2, 0) is 14.3 Å². The van der Waals surface area contributed by atoms with Gasteiger partial charge in [0.2, 0.25) is 0 Å². The second kappa shape index (κ2) is 10.3. The first-order valence-corrected chi connectivity index (χ1v) is 9.90. The van der Waals surface area contributed by atoms with Crippen molar-refractivity contribution in [2.45, 2.75) is 29.4 Å². The number of alkyl halides is 2. The van der Waals surface area contributed by atoms with Crippen LogP contribution in [0, 0.1) is 13.8 Å². The van der Waals surface area contributed by atoms with Gasteiger partial charge in [-0.1, -0.05) is 29.5 Å². The number of anilines is 1.